The quantitative estimate of drug-likeness (QED) is 0.434. The Morgan fingerprint density at radius 2 is 1.82 bits per heavy atom. The van der Waals surface area contributed by atoms with Crippen molar-refractivity contribution in [1.29, 1.82) is 0 Å². The van der Waals surface area contributed by atoms with Crippen molar-refractivity contribution in [2.75, 3.05) is 46.5 Å². The van der Waals surface area contributed by atoms with Crippen molar-refractivity contribution in [3.63, 3.8) is 0 Å². The highest BCUT2D eigenvalue weighted by Crippen LogP contribution is 2.20. The first-order valence-corrected chi connectivity index (χ1v) is 9.76. The summed E-state index contributed by atoms with van der Waals surface area (Å²) in [7, 11) is 1.64. The van der Waals surface area contributed by atoms with Gasteiger partial charge >= 0.3 is 0 Å². The molecule has 1 saturated heterocycles. The summed E-state index contributed by atoms with van der Waals surface area (Å²) in [4.78, 5) is 15.3. The minimum atomic E-state index is -0.0519. The van der Waals surface area contributed by atoms with E-state index in [2.05, 4.69) is 10.2 Å². The predicted molar refractivity (Wildman–Crippen MR) is 112 cm³/mol. The molecule has 1 N–H and O–H groups in total. The van der Waals surface area contributed by atoms with Crippen molar-refractivity contribution >= 4 is 17.6 Å². The van der Waals surface area contributed by atoms with Crippen LogP contribution in [0.25, 0.3) is 11.6 Å². The molecular weight excluding hydrogens is 352 g/mol. The third-order valence-corrected chi connectivity index (χ3v) is 4.80. The van der Waals surface area contributed by atoms with E-state index in [1.54, 1.807) is 7.11 Å². The van der Waals surface area contributed by atoms with E-state index in [4.69, 9.17) is 9.47 Å². The smallest absolute Gasteiger partial charge is 0.251 e. The lowest BCUT2D eigenvalue weighted by Crippen LogP contribution is -2.38. The molecule has 5 heteroatoms. The monoisotopic (exact) mass is 380 g/mol. The molecule has 5 nitrogen and oxygen atoms in total. The summed E-state index contributed by atoms with van der Waals surface area (Å²) in [5.41, 5.74) is 2.53. The van der Waals surface area contributed by atoms with Gasteiger partial charge in [0.2, 0.25) is 0 Å². The molecule has 0 saturated carbocycles. The number of hydrogen-bond acceptors (Lipinski definition) is 4. The number of ether oxygens (including phenoxy) is 2. The molecular formula is C23H28N2O3. The number of morpholine rings is 1. The number of amides is 1. The van der Waals surface area contributed by atoms with Crippen molar-refractivity contribution in [2.45, 2.75) is 6.42 Å². The molecule has 148 valence electrons. The third kappa shape index (κ3) is 5.94. The molecule has 0 radical (unpaired) electrons. The van der Waals surface area contributed by atoms with Gasteiger partial charge in [-0.1, -0.05) is 42.5 Å². The van der Waals surface area contributed by atoms with Crippen LogP contribution in [0.1, 0.15) is 17.5 Å². The molecule has 3 rings (SSSR count). The van der Waals surface area contributed by atoms with Crippen LogP contribution in [-0.2, 0) is 9.53 Å². The standard InChI is InChI=1S/C23H28N2O3/c1-27-21-10-8-19(9-11-21)18-22(20-6-3-2-4-7-20)23(26)24-12-5-13-25-14-16-28-17-15-25/h2-4,6-11,18H,5,12-17H2,1H3,(H,24,26)/b22-18+. The van der Waals surface area contributed by atoms with Gasteiger partial charge in [0.15, 0.2) is 0 Å². The average Bonchev–Trinajstić information content (AvgIpc) is 2.76. The van der Waals surface area contributed by atoms with Crippen LogP contribution >= 0.6 is 0 Å². The van der Waals surface area contributed by atoms with Gasteiger partial charge in [-0.3, -0.25) is 9.69 Å². The zero-order chi connectivity index (χ0) is 19.6. The van der Waals surface area contributed by atoms with Crippen LogP contribution < -0.4 is 10.1 Å². The fraction of sp³-hybridized carbons (Fsp3) is 0.348. The van der Waals surface area contributed by atoms with E-state index in [0.717, 1.165) is 56.1 Å². The van der Waals surface area contributed by atoms with Crippen molar-refractivity contribution in [2.24, 2.45) is 0 Å². The van der Waals surface area contributed by atoms with E-state index in [0.29, 0.717) is 12.1 Å². The minimum absolute atomic E-state index is 0.0519. The van der Waals surface area contributed by atoms with E-state index in [1.165, 1.54) is 0 Å². The molecule has 1 heterocycles. The Bertz CT molecular complexity index is 766. The largest absolute Gasteiger partial charge is 0.497 e. The first-order chi connectivity index (χ1) is 13.8. The van der Waals surface area contributed by atoms with Gasteiger partial charge in [0.05, 0.1) is 20.3 Å². The van der Waals surface area contributed by atoms with Gasteiger partial charge in [-0.25, -0.2) is 0 Å². The van der Waals surface area contributed by atoms with Gasteiger partial charge in [0.1, 0.15) is 5.75 Å². The van der Waals surface area contributed by atoms with Crippen molar-refractivity contribution < 1.29 is 14.3 Å². The van der Waals surface area contributed by atoms with Crippen LogP contribution in [0, 0.1) is 0 Å². The average molecular weight is 380 g/mol. The van der Waals surface area contributed by atoms with Gasteiger partial charge in [-0.15, -0.1) is 0 Å². The summed E-state index contributed by atoms with van der Waals surface area (Å²) in [6, 6.07) is 17.5. The second-order valence-electron chi connectivity index (χ2n) is 6.76. The number of nitrogens with one attached hydrogen (secondary N) is 1. The molecule has 0 unspecified atom stereocenters. The summed E-state index contributed by atoms with van der Waals surface area (Å²) in [6.07, 6.45) is 2.85. The molecule has 28 heavy (non-hydrogen) atoms. The molecule has 0 aliphatic carbocycles. The second kappa shape index (κ2) is 10.6. The summed E-state index contributed by atoms with van der Waals surface area (Å²) in [5.74, 6) is 0.745. The number of methoxy groups -OCH3 is 1. The Hall–Kier alpha value is -2.63. The van der Waals surface area contributed by atoms with Crippen LogP contribution in [0.4, 0.5) is 0 Å². The van der Waals surface area contributed by atoms with E-state index in [1.807, 2.05) is 60.7 Å². The van der Waals surface area contributed by atoms with Crippen LogP contribution in [0.5, 0.6) is 5.75 Å². The summed E-state index contributed by atoms with van der Waals surface area (Å²) < 4.78 is 10.6. The summed E-state index contributed by atoms with van der Waals surface area (Å²) in [6.45, 7) is 5.18. The van der Waals surface area contributed by atoms with Crippen LogP contribution in [0.15, 0.2) is 54.6 Å². The third-order valence-electron chi connectivity index (χ3n) is 4.80. The maximum Gasteiger partial charge on any atom is 0.251 e. The fourth-order valence-corrected chi connectivity index (χ4v) is 3.19. The normalized spacial score (nSPS) is 15.2. The van der Waals surface area contributed by atoms with E-state index >= 15 is 0 Å². The number of benzene rings is 2. The molecule has 1 aliphatic heterocycles. The minimum Gasteiger partial charge on any atom is -0.497 e. The van der Waals surface area contributed by atoms with Gasteiger partial charge in [-0.05, 0) is 42.3 Å². The Morgan fingerprint density at radius 1 is 1.11 bits per heavy atom. The van der Waals surface area contributed by atoms with Crippen LogP contribution in [0.2, 0.25) is 0 Å². The summed E-state index contributed by atoms with van der Waals surface area (Å²) in [5, 5.41) is 3.07. The first-order valence-electron chi connectivity index (χ1n) is 9.76. The SMILES string of the molecule is COc1ccc(/C=C(/C(=O)NCCCN2CCOCC2)c2ccccc2)cc1. The van der Waals surface area contributed by atoms with Crippen molar-refractivity contribution in [3.8, 4) is 5.75 Å². The molecule has 0 aromatic heterocycles. The second-order valence-corrected chi connectivity index (χ2v) is 6.76. The lowest BCUT2D eigenvalue weighted by Gasteiger charge is -2.26. The molecule has 0 spiro atoms. The molecule has 2 aromatic rings. The number of carbonyl (C=O) groups excluding carboxylic acids is 1. The number of rotatable bonds is 8. The zero-order valence-electron chi connectivity index (χ0n) is 16.4. The summed E-state index contributed by atoms with van der Waals surface area (Å²) >= 11 is 0. The lowest BCUT2D eigenvalue weighted by atomic mass is 10.0. The first kappa shape index (κ1) is 20.1. The number of carbonyl (C=O) groups is 1. The Morgan fingerprint density at radius 3 is 2.50 bits per heavy atom. The predicted octanol–water partition coefficient (Wildman–Crippen LogP) is 3.07. The Labute approximate surface area is 167 Å². The van der Waals surface area contributed by atoms with E-state index in [-0.39, 0.29) is 5.91 Å². The lowest BCUT2D eigenvalue weighted by molar-refractivity contribution is -0.115. The van der Waals surface area contributed by atoms with Crippen molar-refractivity contribution in [1.82, 2.24) is 10.2 Å². The molecule has 1 amide bonds. The molecule has 2 aromatic carbocycles. The highest BCUT2D eigenvalue weighted by molar-refractivity contribution is 6.24. The van der Waals surface area contributed by atoms with Gasteiger partial charge in [-0.2, -0.15) is 0 Å². The van der Waals surface area contributed by atoms with E-state index in [9.17, 15) is 4.79 Å². The van der Waals surface area contributed by atoms with Crippen LogP contribution in [0.3, 0.4) is 0 Å². The number of nitrogens with zero attached hydrogens (tertiary/aromatic N) is 1. The Balaban J connectivity index is 1.64. The molecule has 1 aliphatic rings. The van der Waals surface area contributed by atoms with E-state index < -0.39 is 0 Å². The van der Waals surface area contributed by atoms with Gasteiger partial charge < -0.3 is 14.8 Å². The zero-order valence-corrected chi connectivity index (χ0v) is 16.4. The highest BCUT2D eigenvalue weighted by Gasteiger charge is 2.13. The molecule has 0 bridgehead atoms. The van der Waals surface area contributed by atoms with Gasteiger partial charge in [0.25, 0.3) is 5.91 Å². The topological polar surface area (TPSA) is 50.8 Å². The fourth-order valence-electron chi connectivity index (χ4n) is 3.19. The maximum absolute atomic E-state index is 12.9. The van der Waals surface area contributed by atoms with Crippen LogP contribution in [-0.4, -0.2) is 57.3 Å². The highest BCUT2D eigenvalue weighted by atomic mass is 16.5. The molecule has 0 atom stereocenters. The maximum atomic E-state index is 12.9. The van der Waals surface area contributed by atoms with Crippen molar-refractivity contribution in [3.05, 3.63) is 65.7 Å². The van der Waals surface area contributed by atoms with Gasteiger partial charge in [0, 0.05) is 25.2 Å². The molecule has 1 fully saturated rings. The number of hydrogen-bond donors (Lipinski definition) is 1. The Kier molecular flexibility index (Phi) is 7.64.